The number of fused-ring (bicyclic) bond motifs is 2. The summed E-state index contributed by atoms with van der Waals surface area (Å²) >= 11 is 0. The maximum atomic E-state index is 13.2. The predicted molar refractivity (Wildman–Crippen MR) is 63.4 cm³/mol. The van der Waals surface area contributed by atoms with Crippen LogP contribution in [0.15, 0.2) is 18.2 Å². The summed E-state index contributed by atoms with van der Waals surface area (Å²) in [7, 11) is 0. The Morgan fingerprint density at radius 2 is 2.12 bits per heavy atom. The molecule has 3 heteroatoms. The number of carbonyl (C=O) groups excluding carboxylic acids is 1. The van der Waals surface area contributed by atoms with Crippen molar-refractivity contribution in [2.75, 3.05) is 6.54 Å². The van der Waals surface area contributed by atoms with Gasteiger partial charge < -0.3 is 4.90 Å². The topological polar surface area (TPSA) is 20.3 Å². The third-order valence-electron chi connectivity index (χ3n) is 3.93. The lowest BCUT2D eigenvalue weighted by Crippen LogP contribution is -2.42. The molecule has 2 aliphatic rings. The van der Waals surface area contributed by atoms with Gasteiger partial charge in [0.05, 0.1) is 0 Å². The van der Waals surface area contributed by atoms with E-state index in [0.717, 1.165) is 37.8 Å². The average Bonchev–Trinajstić information content (AvgIpc) is 2.48. The molecule has 2 aliphatic heterocycles. The normalized spacial score (nSPS) is 23.9. The van der Waals surface area contributed by atoms with Crippen LogP contribution in [0.25, 0.3) is 0 Å². The van der Waals surface area contributed by atoms with E-state index in [4.69, 9.17) is 0 Å². The lowest BCUT2D eigenvalue weighted by Gasteiger charge is -2.34. The van der Waals surface area contributed by atoms with E-state index < -0.39 is 0 Å². The fourth-order valence-electron chi connectivity index (χ4n) is 3.02. The molecule has 90 valence electrons. The zero-order chi connectivity index (χ0) is 11.8. The summed E-state index contributed by atoms with van der Waals surface area (Å²) in [4.78, 5) is 14.4. The number of nitrogens with zero attached hydrogens (tertiary/aromatic N) is 1. The van der Waals surface area contributed by atoms with Crippen LogP contribution in [0.4, 0.5) is 4.39 Å². The van der Waals surface area contributed by atoms with E-state index >= 15 is 0 Å². The molecule has 0 aliphatic carbocycles. The molecule has 1 amide bonds. The van der Waals surface area contributed by atoms with Crippen molar-refractivity contribution in [1.29, 1.82) is 0 Å². The Morgan fingerprint density at radius 3 is 3.00 bits per heavy atom. The number of halogens is 1. The molecule has 17 heavy (non-hydrogen) atoms. The molecule has 3 rings (SSSR count). The van der Waals surface area contributed by atoms with Crippen LogP contribution in [-0.2, 0) is 6.42 Å². The number of hydrogen-bond donors (Lipinski definition) is 0. The van der Waals surface area contributed by atoms with Gasteiger partial charge in [-0.05, 0) is 55.9 Å². The molecule has 0 bridgehead atoms. The highest BCUT2D eigenvalue weighted by molar-refractivity contribution is 5.96. The molecular formula is C14H16FNO. The van der Waals surface area contributed by atoms with Crippen LogP contribution in [0.2, 0.25) is 0 Å². The largest absolute Gasteiger partial charge is 0.336 e. The van der Waals surface area contributed by atoms with E-state index in [1.807, 2.05) is 4.90 Å². The standard InChI is InChI=1S/C14H16FNO/c15-11-5-7-13-10(9-11)4-6-12-3-1-2-8-16(12)14(13)17/h5,7,9,12H,1-4,6,8H2. The number of carbonyl (C=O) groups is 1. The molecule has 1 fully saturated rings. The second-order valence-corrected chi connectivity index (χ2v) is 4.99. The number of rotatable bonds is 0. The second-order valence-electron chi connectivity index (χ2n) is 4.99. The van der Waals surface area contributed by atoms with Gasteiger partial charge >= 0.3 is 0 Å². The minimum absolute atomic E-state index is 0.0993. The van der Waals surface area contributed by atoms with Crippen molar-refractivity contribution >= 4 is 5.91 Å². The Morgan fingerprint density at radius 1 is 1.24 bits per heavy atom. The third-order valence-corrected chi connectivity index (χ3v) is 3.93. The second kappa shape index (κ2) is 4.13. The van der Waals surface area contributed by atoms with Crippen molar-refractivity contribution in [3.05, 3.63) is 35.1 Å². The fourth-order valence-corrected chi connectivity index (χ4v) is 3.02. The summed E-state index contributed by atoms with van der Waals surface area (Å²) in [5.74, 6) is -0.140. The van der Waals surface area contributed by atoms with Gasteiger partial charge in [0.25, 0.3) is 5.91 Å². The molecule has 2 nitrogen and oxygen atoms in total. The first-order chi connectivity index (χ1) is 8.25. The molecule has 0 saturated carbocycles. The monoisotopic (exact) mass is 233 g/mol. The van der Waals surface area contributed by atoms with Gasteiger partial charge in [0.2, 0.25) is 0 Å². The zero-order valence-electron chi connectivity index (χ0n) is 9.79. The van der Waals surface area contributed by atoms with E-state index in [-0.39, 0.29) is 11.7 Å². The number of hydrogen-bond acceptors (Lipinski definition) is 1. The van der Waals surface area contributed by atoms with Crippen molar-refractivity contribution in [2.24, 2.45) is 0 Å². The van der Waals surface area contributed by atoms with Crippen molar-refractivity contribution < 1.29 is 9.18 Å². The lowest BCUT2D eigenvalue weighted by atomic mass is 9.98. The van der Waals surface area contributed by atoms with Gasteiger partial charge in [0, 0.05) is 18.2 Å². The molecular weight excluding hydrogens is 217 g/mol. The Hall–Kier alpha value is -1.38. The van der Waals surface area contributed by atoms with Gasteiger partial charge in [-0.15, -0.1) is 0 Å². The highest BCUT2D eigenvalue weighted by atomic mass is 19.1. The Kier molecular flexibility index (Phi) is 2.61. The molecule has 1 saturated heterocycles. The van der Waals surface area contributed by atoms with Gasteiger partial charge in [-0.25, -0.2) is 4.39 Å². The van der Waals surface area contributed by atoms with E-state index in [9.17, 15) is 9.18 Å². The van der Waals surface area contributed by atoms with E-state index in [0.29, 0.717) is 11.6 Å². The Labute approximate surface area is 100 Å². The predicted octanol–water partition coefficient (Wildman–Crippen LogP) is 2.77. The quantitative estimate of drug-likeness (QED) is 0.674. The van der Waals surface area contributed by atoms with Crippen molar-refractivity contribution in [1.82, 2.24) is 4.90 Å². The summed E-state index contributed by atoms with van der Waals surface area (Å²) in [6, 6.07) is 4.92. The average molecular weight is 233 g/mol. The van der Waals surface area contributed by atoms with Crippen LogP contribution >= 0.6 is 0 Å². The van der Waals surface area contributed by atoms with Gasteiger partial charge in [-0.2, -0.15) is 0 Å². The third kappa shape index (κ3) is 1.84. The molecule has 0 spiro atoms. The molecule has 1 aromatic carbocycles. The zero-order valence-corrected chi connectivity index (χ0v) is 9.79. The first kappa shape index (κ1) is 10.8. The maximum absolute atomic E-state index is 13.2. The molecule has 1 atom stereocenters. The summed E-state index contributed by atoms with van der Waals surface area (Å²) in [5, 5.41) is 0. The SMILES string of the molecule is O=C1c2ccc(F)cc2CCC2CCCCN12. The minimum Gasteiger partial charge on any atom is -0.336 e. The molecule has 0 aromatic heterocycles. The number of amides is 1. The van der Waals surface area contributed by atoms with Crippen LogP contribution in [0.3, 0.4) is 0 Å². The fraction of sp³-hybridized carbons (Fsp3) is 0.500. The first-order valence-electron chi connectivity index (χ1n) is 6.35. The smallest absolute Gasteiger partial charge is 0.254 e. The van der Waals surface area contributed by atoms with Gasteiger partial charge in [0.1, 0.15) is 5.82 Å². The molecule has 2 heterocycles. The number of piperidine rings is 1. The van der Waals surface area contributed by atoms with Crippen molar-refractivity contribution in [2.45, 2.75) is 38.1 Å². The lowest BCUT2D eigenvalue weighted by molar-refractivity contribution is 0.0616. The Balaban J connectivity index is 2.00. The van der Waals surface area contributed by atoms with E-state index in [1.54, 1.807) is 6.07 Å². The summed E-state index contributed by atoms with van der Waals surface area (Å²) in [5.41, 5.74) is 1.58. The molecule has 0 N–H and O–H groups in total. The van der Waals surface area contributed by atoms with Gasteiger partial charge in [-0.3, -0.25) is 4.79 Å². The summed E-state index contributed by atoms with van der Waals surface area (Å²) in [6.07, 6.45) is 5.20. The first-order valence-corrected chi connectivity index (χ1v) is 6.35. The van der Waals surface area contributed by atoms with Gasteiger partial charge in [0.15, 0.2) is 0 Å². The van der Waals surface area contributed by atoms with Crippen LogP contribution in [0.5, 0.6) is 0 Å². The van der Waals surface area contributed by atoms with Crippen LogP contribution in [-0.4, -0.2) is 23.4 Å². The van der Waals surface area contributed by atoms with Gasteiger partial charge in [-0.1, -0.05) is 0 Å². The van der Waals surface area contributed by atoms with Crippen molar-refractivity contribution in [3.63, 3.8) is 0 Å². The summed E-state index contributed by atoms with van der Waals surface area (Å²) < 4.78 is 13.2. The summed E-state index contributed by atoms with van der Waals surface area (Å²) in [6.45, 7) is 0.861. The van der Waals surface area contributed by atoms with Crippen LogP contribution in [0.1, 0.15) is 41.6 Å². The van der Waals surface area contributed by atoms with Crippen LogP contribution < -0.4 is 0 Å². The minimum atomic E-state index is -0.239. The molecule has 1 aromatic rings. The van der Waals surface area contributed by atoms with E-state index in [2.05, 4.69) is 0 Å². The Bertz CT molecular complexity index is 458. The number of benzene rings is 1. The number of aryl methyl sites for hydroxylation is 1. The molecule has 1 unspecified atom stereocenters. The maximum Gasteiger partial charge on any atom is 0.254 e. The highest BCUT2D eigenvalue weighted by Crippen LogP contribution is 2.28. The van der Waals surface area contributed by atoms with E-state index in [1.165, 1.54) is 18.6 Å². The van der Waals surface area contributed by atoms with Crippen molar-refractivity contribution in [3.8, 4) is 0 Å². The molecule has 0 radical (unpaired) electrons. The van der Waals surface area contributed by atoms with Crippen LogP contribution in [0, 0.1) is 5.82 Å². The highest BCUT2D eigenvalue weighted by Gasteiger charge is 2.31.